The first-order chi connectivity index (χ1) is 9.52. The Hall–Kier alpha value is -1.06. The molecule has 0 bridgehead atoms. The molecule has 0 aromatic heterocycles. The molecule has 1 aliphatic rings. The smallest absolute Gasteiger partial charge is 0.225 e. The minimum atomic E-state index is 0. The third-order valence-corrected chi connectivity index (χ3v) is 3.90. The van der Waals surface area contributed by atoms with E-state index in [1.807, 2.05) is 31.2 Å². The van der Waals surface area contributed by atoms with Gasteiger partial charge in [-0.25, -0.2) is 0 Å². The van der Waals surface area contributed by atoms with E-state index in [0.717, 1.165) is 37.2 Å². The van der Waals surface area contributed by atoms with Crippen LogP contribution < -0.4 is 5.32 Å². The summed E-state index contributed by atoms with van der Waals surface area (Å²) < 4.78 is 0. The molecule has 2 atom stereocenters. The summed E-state index contributed by atoms with van der Waals surface area (Å²) >= 11 is 0. The van der Waals surface area contributed by atoms with Crippen molar-refractivity contribution < 1.29 is 4.79 Å². The highest BCUT2D eigenvalue weighted by Crippen LogP contribution is 2.21. The molecule has 1 N–H and O–H groups in total. The van der Waals surface area contributed by atoms with Crippen LogP contribution >= 0.6 is 12.4 Å². The van der Waals surface area contributed by atoms with Gasteiger partial charge in [0.2, 0.25) is 5.91 Å². The number of aryl methyl sites for hydroxylation is 1. The number of piperidine rings is 1. The van der Waals surface area contributed by atoms with Crippen molar-refractivity contribution in [2.24, 2.45) is 11.8 Å². The molecule has 3 nitrogen and oxygen atoms in total. The van der Waals surface area contributed by atoms with Crippen LogP contribution in [0.3, 0.4) is 0 Å². The number of carbonyl (C=O) groups excluding carboxylic acids is 1. The van der Waals surface area contributed by atoms with E-state index < -0.39 is 0 Å². The molecule has 0 saturated carbocycles. The van der Waals surface area contributed by atoms with Gasteiger partial charge in [-0.05, 0) is 42.9 Å². The van der Waals surface area contributed by atoms with Crippen LogP contribution in [0.2, 0.25) is 0 Å². The van der Waals surface area contributed by atoms with Crippen molar-refractivity contribution in [1.29, 1.82) is 0 Å². The van der Waals surface area contributed by atoms with Gasteiger partial charge in [-0.1, -0.05) is 26.0 Å². The summed E-state index contributed by atoms with van der Waals surface area (Å²) in [4.78, 5) is 14.4. The van der Waals surface area contributed by atoms with Crippen molar-refractivity contribution in [2.45, 2.75) is 33.6 Å². The molecule has 118 valence electrons. The van der Waals surface area contributed by atoms with Crippen LogP contribution in [0.4, 0.5) is 5.69 Å². The highest BCUT2D eigenvalue weighted by molar-refractivity contribution is 5.90. The number of nitrogens with one attached hydrogen (secondary N) is 1. The number of nitrogens with zero attached hydrogens (tertiary/aromatic N) is 1. The SMILES string of the molecule is Cc1cccc(NC(=O)CCN2CC(C)CC(C)C2)c1.Cl. The van der Waals surface area contributed by atoms with Crippen LogP contribution in [0.15, 0.2) is 24.3 Å². The van der Waals surface area contributed by atoms with Gasteiger partial charge in [0, 0.05) is 31.7 Å². The number of rotatable bonds is 4. The van der Waals surface area contributed by atoms with Crippen LogP contribution in [-0.2, 0) is 4.79 Å². The summed E-state index contributed by atoms with van der Waals surface area (Å²) in [6.45, 7) is 9.76. The van der Waals surface area contributed by atoms with Gasteiger partial charge in [-0.2, -0.15) is 0 Å². The lowest BCUT2D eigenvalue weighted by Crippen LogP contribution is -2.40. The van der Waals surface area contributed by atoms with Gasteiger partial charge < -0.3 is 10.2 Å². The van der Waals surface area contributed by atoms with E-state index in [2.05, 4.69) is 24.1 Å². The lowest BCUT2D eigenvalue weighted by Gasteiger charge is -2.34. The van der Waals surface area contributed by atoms with Gasteiger partial charge in [0.05, 0.1) is 0 Å². The van der Waals surface area contributed by atoms with Crippen molar-refractivity contribution in [3.8, 4) is 0 Å². The van der Waals surface area contributed by atoms with E-state index in [1.165, 1.54) is 12.0 Å². The number of halogens is 1. The quantitative estimate of drug-likeness (QED) is 0.919. The number of likely N-dealkylation sites (tertiary alicyclic amines) is 1. The van der Waals surface area contributed by atoms with Crippen molar-refractivity contribution in [2.75, 3.05) is 25.0 Å². The third kappa shape index (κ3) is 6.06. The summed E-state index contributed by atoms with van der Waals surface area (Å²) in [5.74, 6) is 1.61. The predicted molar refractivity (Wildman–Crippen MR) is 91.1 cm³/mol. The number of amides is 1. The second-order valence-corrected chi connectivity index (χ2v) is 6.37. The largest absolute Gasteiger partial charge is 0.326 e. The lowest BCUT2D eigenvalue weighted by atomic mass is 9.92. The van der Waals surface area contributed by atoms with Gasteiger partial charge in [0.25, 0.3) is 0 Å². The van der Waals surface area contributed by atoms with E-state index in [0.29, 0.717) is 6.42 Å². The van der Waals surface area contributed by atoms with Gasteiger partial charge >= 0.3 is 0 Å². The molecule has 1 fully saturated rings. The van der Waals surface area contributed by atoms with Crippen LogP contribution in [0.5, 0.6) is 0 Å². The maximum Gasteiger partial charge on any atom is 0.225 e. The number of carbonyl (C=O) groups is 1. The molecule has 1 saturated heterocycles. The molecule has 2 rings (SSSR count). The number of hydrogen-bond donors (Lipinski definition) is 1. The topological polar surface area (TPSA) is 32.3 Å². The summed E-state index contributed by atoms with van der Waals surface area (Å²) in [7, 11) is 0. The van der Waals surface area contributed by atoms with Gasteiger partial charge in [-0.15, -0.1) is 12.4 Å². The van der Waals surface area contributed by atoms with Gasteiger partial charge in [0.1, 0.15) is 0 Å². The lowest BCUT2D eigenvalue weighted by molar-refractivity contribution is -0.116. The fourth-order valence-corrected chi connectivity index (χ4v) is 3.18. The Labute approximate surface area is 134 Å². The average molecular weight is 311 g/mol. The molecule has 1 aromatic carbocycles. The standard InChI is InChI=1S/C17H26N2O.ClH/c1-13-5-4-6-16(10-13)18-17(20)7-8-19-11-14(2)9-15(3)12-19;/h4-6,10,14-15H,7-9,11-12H2,1-3H3,(H,18,20);1H. The monoisotopic (exact) mass is 310 g/mol. The van der Waals surface area contributed by atoms with E-state index in [4.69, 9.17) is 0 Å². The molecule has 21 heavy (non-hydrogen) atoms. The molecule has 0 aliphatic carbocycles. The highest BCUT2D eigenvalue weighted by atomic mass is 35.5. The number of anilines is 1. The maximum absolute atomic E-state index is 12.0. The molecule has 4 heteroatoms. The Bertz CT molecular complexity index is 454. The number of benzene rings is 1. The van der Waals surface area contributed by atoms with Crippen LogP contribution in [0, 0.1) is 18.8 Å². The highest BCUT2D eigenvalue weighted by Gasteiger charge is 2.21. The van der Waals surface area contributed by atoms with Crippen LogP contribution in [0.25, 0.3) is 0 Å². The Kier molecular flexibility index (Phi) is 7.20. The Balaban J connectivity index is 0.00000220. The molecule has 0 radical (unpaired) electrons. The first kappa shape index (κ1) is 18.0. The molecular formula is C17H27ClN2O. The summed E-state index contributed by atoms with van der Waals surface area (Å²) in [6, 6.07) is 7.95. The average Bonchev–Trinajstić information content (AvgIpc) is 2.35. The van der Waals surface area contributed by atoms with Crippen molar-refractivity contribution >= 4 is 24.0 Å². The second kappa shape index (κ2) is 8.40. The fraction of sp³-hybridized carbons (Fsp3) is 0.588. The van der Waals surface area contributed by atoms with Crippen molar-refractivity contribution in [3.63, 3.8) is 0 Å². The van der Waals surface area contributed by atoms with Gasteiger partial charge in [0.15, 0.2) is 0 Å². The molecule has 1 amide bonds. The first-order valence-electron chi connectivity index (χ1n) is 7.62. The third-order valence-electron chi connectivity index (χ3n) is 3.90. The zero-order valence-electron chi connectivity index (χ0n) is 13.3. The Morgan fingerprint density at radius 2 is 1.95 bits per heavy atom. The zero-order valence-corrected chi connectivity index (χ0v) is 14.1. The first-order valence-corrected chi connectivity index (χ1v) is 7.62. The predicted octanol–water partition coefficient (Wildman–Crippen LogP) is 3.72. The molecule has 1 aromatic rings. The Morgan fingerprint density at radius 3 is 2.57 bits per heavy atom. The normalized spacial score (nSPS) is 22.4. The van der Waals surface area contributed by atoms with E-state index >= 15 is 0 Å². The molecule has 1 aliphatic heterocycles. The van der Waals surface area contributed by atoms with E-state index in [9.17, 15) is 4.79 Å². The molecule has 0 spiro atoms. The minimum absolute atomic E-state index is 0. The van der Waals surface area contributed by atoms with Crippen LogP contribution in [0.1, 0.15) is 32.3 Å². The minimum Gasteiger partial charge on any atom is -0.326 e. The Morgan fingerprint density at radius 1 is 1.29 bits per heavy atom. The molecule has 2 unspecified atom stereocenters. The number of hydrogen-bond acceptors (Lipinski definition) is 2. The van der Waals surface area contributed by atoms with E-state index in [-0.39, 0.29) is 18.3 Å². The van der Waals surface area contributed by atoms with Crippen molar-refractivity contribution in [3.05, 3.63) is 29.8 Å². The fourth-order valence-electron chi connectivity index (χ4n) is 3.18. The second-order valence-electron chi connectivity index (χ2n) is 6.37. The van der Waals surface area contributed by atoms with Crippen molar-refractivity contribution in [1.82, 2.24) is 4.90 Å². The summed E-state index contributed by atoms with van der Waals surface area (Å²) in [5.41, 5.74) is 2.07. The van der Waals surface area contributed by atoms with E-state index in [1.54, 1.807) is 0 Å². The summed E-state index contributed by atoms with van der Waals surface area (Å²) in [5, 5.41) is 2.98. The zero-order chi connectivity index (χ0) is 14.5. The van der Waals surface area contributed by atoms with Gasteiger partial charge in [-0.3, -0.25) is 4.79 Å². The molecule has 1 heterocycles. The van der Waals surface area contributed by atoms with Crippen LogP contribution in [-0.4, -0.2) is 30.4 Å². The maximum atomic E-state index is 12.0. The summed E-state index contributed by atoms with van der Waals surface area (Å²) in [6.07, 6.45) is 1.89. The molecular weight excluding hydrogens is 284 g/mol.